The maximum Gasteiger partial charge on any atom is 0.243 e. The standard InChI is InChI=1S/C12H10N8O/c1-6(7-8-10(16-2-13-7)17-3-14-8)21-12-9-11(18-4-15-9)19-5-20-12/h2-6H,1H3,(H,13,14,16,17)(H,15,18,19,20). The lowest BCUT2D eigenvalue weighted by atomic mass is 10.2. The second kappa shape index (κ2) is 4.47. The zero-order valence-electron chi connectivity index (χ0n) is 11.0. The van der Waals surface area contributed by atoms with E-state index in [0.717, 1.165) is 5.52 Å². The number of hydrogen-bond acceptors (Lipinski definition) is 7. The van der Waals surface area contributed by atoms with Crippen LogP contribution in [-0.2, 0) is 0 Å². The third-order valence-corrected chi connectivity index (χ3v) is 3.11. The Kier molecular flexibility index (Phi) is 2.49. The third kappa shape index (κ3) is 1.86. The average Bonchev–Trinajstić information content (AvgIpc) is 3.15. The number of rotatable bonds is 3. The molecule has 4 heterocycles. The van der Waals surface area contributed by atoms with Gasteiger partial charge in [-0.2, -0.15) is 4.98 Å². The van der Waals surface area contributed by atoms with E-state index in [1.165, 1.54) is 12.7 Å². The fraction of sp³-hybridized carbons (Fsp3) is 0.167. The summed E-state index contributed by atoms with van der Waals surface area (Å²) in [7, 11) is 0. The Morgan fingerprint density at radius 3 is 2.33 bits per heavy atom. The number of H-pyrrole nitrogens is 2. The molecule has 0 radical (unpaired) electrons. The van der Waals surface area contributed by atoms with Gasteiger partial charge in [-0.25, -0.2) is 24.9 Å². The lowest BCUT2D eigenvalue weighted by Crippen LogP contribution is -2.08. The molecule has 4 aromatic rings. The van der Waals surface area contributed by atoms with Gasteiger partial charge in [-0.3, -0.25) is 0 Å². The first-order valence-electron chi connectivity index (χ1n) is 6.27. The van der Waals surface area contributed by atoms with Gasteiger partial charge in [0.2, 0.25) is 5.88 Å². The molecule has 9 heteroatoms. The van der Waals surface area contributed by atoms with E-state index in [0.29, 0.717) is 28.4 Å². The molecule has 0 aliphatic carbocycles. The highest BCUT2D eigenvalue weighted by molar-refractivity contribution is 5.75. The van der Waals surface area contributed by atoms with Gasteiger partial charge in [0.05, 0.1) is 12.7 Å². The van der Waals surface area contributed by atoms with Crippen molar-refractivity contribution >= 4 is 22.3 Å². The molecule has 0 aliphatic rings. The molecule has 0 fully saturated rings. The molecule has 104 valence electrons. The van der Waals surface area contributed by atoms with Gasteiger partial charge in [-0.05, 0) is 6.92 Å². The van der Waals surface area contributed by atoms with E-state index in [2.05, 4.69) is 39.9 Å². The van der Waals surface area contributed by atoms with Gasteiger partial charge in [0.1, 0.15) is 35.5 Å². The molecule has 4 aromatic heterocycles. The fourth-order valence-corrected chi connectivity index (χ4v) is 2.15. The van der Waals surface area contributed by atoms with Crippen LogP contribution in [0.5, 0.6) is 5.88 Å². The maximum atomic E-state index is 5.89. The number of imidazole rings is 2. The minimum absolute atomic E-state index is 0.336. The normalized spacial score (nSPS) is 12.8. The second-order valence-corrected chi connectivity index (χ2v) is 4.40. The number of fused-ring (bicyclic) bond motifs is 2. The van der Waals surface area contributed by atoms with Crippen molar-refractivity contribution in [2.24, 2.45) is 0 Å². The van der Waals surface area contributed by atoms with Gasteiger partial charge in [0, 0.05) is 0 Å². The van der Waals surface area contributed by atoms with Gasteiger partial charge in [-0.1, -0.05) is 0 Å². The summed E-state index contributed by atoms with van der Waals surface area (Å²) in [6, 6.07) is 0. The smallest absolute Gasteiger partial charge is 0.243 e. The third-order valence-electron chi connectivity index (χ3n) is 3.11. The molecule has 1 atom stereocenters. The molecule has 1 unspecified atom stereocenters. The highest BCUT2D eigenvalue weighted by Crippen LogP contribution is 2.25. The SMILES string of the molecule is CC(Oc1ncnc2nc[nH]c12)c1ncnc2nc[nH]c12. The summed E-state index contributed by atoms with van der Waals surface area (Å²) in [5.74, 6) is 0.427. The van der Waals surface area contributed by atoms with Crippen LogP contribution in [0.3, 0.4) is 0 Å². The Balaban J connectivity index is 1.74. The Morgan fingerprint density at radius 1 is 0.857 bits per heavy atom. The van der Waals surface area contributed by atoms with Crippen LogP contribution in [0, 0.1) is 0 Å². The van der Waals surface area contributed by atoms with E-state index in [-0.39, 0.29) is 6.10 Å². The first-order chi connectivity index (χ1) is 10.3. The highest BCUT2D eigenvalue weighted by Gasteiger charge is 2.17. The number of nitrogens with zero attached hydrogens (tertiary/aromatic N) is 6. The van der Waals surface area contributed by atoms with Crippen LogP contribution >= 0.6 is 0 Å². The predicted molar refractivity (Wildman–Crippen MR) is 72.4 cm³/mol. The summed E-state index contributed by atoms with van der Waals surface area (Å²) in [6.45, 7) is 1.88. The minimum Gasteiger partial charge on any atom is -0.466 e. The van der Waals surface area contributed by atoms with Gasteiger partial charge in [-0.15, -0.1) is 0 Å². The van der Waals surface area contributed by atoms with Crippen LogP contribution in [0.1, 0.15) is 18.7 Å². The molecule has 2 N–H and O–H groups in total. The van der Waals surface area contributed by atoms with Crippen molar-refractivity contribution in [3.05, 3.63) is 31.0 Å². The predicted octanol–water partition coefficient (Wildman–Crippen LogP) is 1.16. The second-order valence-electron chi connectivity index (χ2n) is 4.40. The summed E-state index contributed by atoms with van der Waals surface area (Å²) in [4.78, 5) is 30.7. The van der Waals surface area contributed by atoms with E-state index in [1.807, 2.05) is 6.92 Å². The van der Waals surface area contributed by atoms with Crippen LogP contribution in [0.2, 0.25) is 0 Å². The number of hydrogen-bond donors (Lipinski definition) is 2. The topological polar surface area (TPSA) is 118 Å². The number of ether oxygens (including phenoxy) is 1. The summed E-state index contributed by atoms with van der Waals surface area (Å²) in [5.41, 5.74) is 3.27. The van der Waals surface area contributed by atoms with Crippen LogP contribution in [0.15, 0.2) is 25.3 Å². The molecule has 0 spiro atoms. The number of nitrogens with one attached hydrogen (secondary N) is 2. The van der Waals surface area contributed by atoms with Crippen molar-refractivity contribution in [1.29, 1.82) is 0 Å². The summed E-state index contributed by atoms with van der Waals surface area (Å²) in [5, 5.41) is 0. The molecule has 0 saturated carbocycles. The Hall–Kier alpha value is -3.10. The van der Waals surface area contributed by atoms with Crippen molar-refractivity contribution in [1.82, 2.24) is 39.9 Å². The molecule has 0 aliphatic heterocycles. The molecule has 0 amide bonds. The first kappa shape index (κ1) is 11.7. The van der Waals surface area contributed by atoms with Gasteiger partial charge in [0.15, 0.2) is 11.3 Å². The van der Waals surface area contributed by atoms with Gasteiger partial charge in [0.25, 0.3) is 0 Å². The van der Waals surface area contributed by atoms with E-state index in [9.17, 15) is 0 Å². The van der Waals surface area contributed by atoms with Gasteiger partial charge < -0.3 is 14.7 Å². The number of aromatic amines is 2. The van der Waals surface area contributed by atoms with Crippen molar-refractivity contribution in [3.63, 3.8) is 0 Å². The molecule has 9 nitrogen and oxygen atoms in total. The molecule has 0 saturated heterocycles. The van der Waals surface area contributed by atoms with Crippen LogP contribution < -0.4 is 4.74 Å². The fourth-order valence-electron chi connectivity index (χ4n) is 2.15. The Labute approximate surface area is 117 Å². The lowest BCUT2D eigenvalue weighted by Gasteiger charge is -2.13. The van der Waals surface area contributed by atoms with E-state index < -0.39 is 0 Å². The summed E-state index contributed by atoms with van der Waals surface area (Å²) >= 11 is 0. The summed E-state index contributed by atoms with van der Waals surface area (Å²) in [6.07, 6.45) is 5.67. The van der Waals surface area contributed by atoms with Crippen LogP contribution in [0.4, 0.5) is 0 Å². The zero-order chi connectivity index (χ0) is 14.2. The number of aromatic nitrogens is 8. The largest absolute Gasteiger partial charge is 0.466 e. The molecule has 0 aromatic carbocycles. The lowest BCUT2D eigenvalue weighted by molar-refractivity contribution is 0.216. The molecule has 4 rings (SSSR count). The molecular weight excluding hydrogens is 272 g/mol. The van der Waals surface area contributed by atoms with Gasteiger partial charge >= 0.3 is 0 Å². The molecular formula is C12H10N8O. The quantitative estimate of drug-likeness (QED) is 0.578. The van der Waals surface area contributed by atoms with Crippen LogP contribution in [0.25, 0.3) is 22.3 Å². The van der Waals surface area contributed by atoms with Crippen LogP contribution in [-0.4, -0.2) is 39.9 Å². The van der Waals surface area contributed by atoms with Crippen molar-refractivity contribution in [2.45, 2.75) is 13.0 Å². The van der Waals surface area contributed by atoms with Crippen molar-refractivity contribution in [2.75, 3.05) is 0 Å². The van der Waals surface area contributed by atoms with E-state index in [1.54, 1.807) is 12.7 Å². The monoisotopic (exact) mass is 282 g/mol. The molecule has 21 heavy (non-hydrogen) atoms. The van der Waals surface area contributed by atoms with Crippen molar-refractivity contribution in [3.8, 4) is 5.88 Å². The summed E-state index contributed by atoms with van der Waals surface area (Å²) < 4.78 is 5.89. The average molecular weight is 282 g/mol. The van der Waals surface area contributed by atoms with Crippen molar-refractivity contribution < 1.29 is 4.74 Å². The zero-order valence-corrected chi connectivity index (χ0v) is 11.0. The molecule has 0 bridgehead atoms. The minimum atomic E-state index is -0.336. The maximum absolute atomic E-state index is 5.89. The highest BCUT2D eigenvalue weighted by atomic mass is 16.5. The Morgan fingerprint density at radius 2 is 1.52 bits per heavy atom. The first-order valence-corrected chi connectivity index (χ1v) is 6.27. The van der Waals surface area contributed by atoms with E-state index in [4.69, 9.17) is 4.74 Å². The Bertz CT molecular complexity index is 914. The van der Waals surface area contributed by atoms with E-state index >= 15 is 0 Å².